The molecular formula is C21H23FN2O4S. The molecule has 0 aliphatic carbocycles. The van der Waals surface area contributed by atoms with Gasteiger partial charge in [0.15, 0.2) is 0 Å². The lowest BCUT2D eigenvalue weighted by atomic mass is 10.2. The molecular weight excluding hydrogens is 395 g/mol. The summed E-state index contributed by atoms with van der Waals surface area (Å²) in [7, 11) is -3.78. The van der Waals surface area contributed by atoms with Crippen molar-refractivity contribution in [2.75, 3.05) is 32.8 Å². The van der Waals surface area contributed by atoms with E-state index < -0.39 is 15.8 Å². The minimum atomic E-state index is -3.78. The van der Waals surface area contributed by atoms with Gasteiger partial charge in [-0.1, -0.05) is 24.3 Å². The zero-order valence-corrected chi connectivity index (χ0v) is 16.9. The number of carbonyl (C=O) groups excluding carboxylic acids is 1. The Labute approximate surface area is 170 Å². The van der Waals surface area contributed by atoms with Gasteiger partial charge in [-0.05, 0) is 37.3 Å². The molecule has 0 saturated carbocycles. The average molecular weight is 418 g/mol. The Morgan fingerprint density at radius 3 is 2.52 bits per heavy atom. The molecule has 2 aromatic carbocycles. The third kappa shape index (κ3) is 5.02. The molecule has 154 valence electrons. The van der Waals surface area contributed by atoms with Gasteiger partial charge in [-0.3, -0.25) is 4.79 Å². The zero-order valence-electron chi connectivity index (χ0n) is 16.1. The SMILES string of the molecule is CCOc1ccccc1/C=C/C(=O)N1CCN(S(=O)(=O)c2cccc(F)c2)CC1. The number of rotatable bonds is 6. The Bertz CT molecular complexity index is 999. The number of hydrogen-bond acceptors (Lipinski definition) is 4. The predicted molar refractivity (Wildman–Crippen MR) is 108 cm³/mol. The number of piperazine rings is 1. The van der Waals surface area contributed by atoms with E-state index in [-0.39, 0.29) is 37.0 Å². The van der Waals surface area contributed by atoms with E-state index in [1.807, 2.05) is 31.2 Å². The van der Waals surface area contributed by atoms with Gasteiger partial charge in [0.25, 0.3) is 0 Å². The molecule has 6 nitrogen and oxygen atoms in total. The Hall–Kier alpha value is -2.71. The van der Waals surface area contributed by atoms with E-state index in [0.717, 1.165) is 11.6 Å². The number of hydrogen-bond donors (Lipinski definition) is 0. The largest absolute Gasteiger partial charge is 0.493 e. The van der Waals surface area contributed by atoms with E-state index in [2.05, 4.69) is 0 Å². The quantitative estimate of drug-likeness (QED) is 0.677. The second kappa shape index (κ2) is 9.19. The van der Waals surface area contributed by atoms with Crippen LogP contribution in [0.25, 0.3) is 6.08 Å². The third-order valence-corrected chi connectivity index (χ3v) is 6.50. The second-order valence-electron chi connectivity index (χ2n) is 6.49. The van der Waals surface area contributed by atoms with E-state index >= 15 is 0 Å². The first-order chi connectivity index (χ1) is 13.9. The van der Waals surface area contributed by atoms with Crippen LogP contribution in [-0.2, 0) is 14.8 Å². The summed E-state index contributed by atoms with van der Waals surface area (Å²) in [5.74, 6) is -0.0958. The van der Waals surface area contributed by atoms with E-state index in [1.165, 1.54) is 28.6 Å². The Morgan fingerprint density at radius 2 is 1.83 bits per heavy atom. The highest BCUT2D eigenvalue weighted by Gasteiger charge is 2.29. The van der Waals surface area contributed by atoms with Crippen molar-refractivity contribution < 1.29 is 22.3 Å². The van der Waals surface area contributed by atoms with Gasteiger partial charge in [-0.15, -0.1) is 0 Å². The van der Waals surface area contributed by atoms with Crippen LogP contribution in [0.15, 0.2) is 59.5 Å². The topological polar surface area (TPSA) is 66.9 Å². The number of amides is 1. The Kier molecular flexibility index (Phi) is 6.66. The van der Waals surface area contributed by atoms with Crippen LogP contribution in [0.5, 0.6) is 5.75 Å². The second-order valence-corrected chi connectivity index (χ2v) is 8.43. The van der Waals surface area contributed by atoms with Gasteiger partial charge in [0.05, 0.1) is 11.5 Å². The smallest absolute Gasteiger partial charge is 0.246 e. The molecule has 1 amide bonds. The van der Waals surface area contributed by atoms with Crippen LogP contribution in [0.4, 0.5) is 4.39 Å². The van der Waals surface area contributed by atoms with Crippen molar-refractivity contribution in [3.63, 3.8) is 0 Å². The fraction of sp³-hybridized carbons (Fsp3) is 0.286. The van der Waals surface area contributed by atoms with Gasteiger partial charge in [-0.25, -0.2) is 12.8 Å². The van der Waals surface area contributed by atoms with E-state index in [0.29, 0.717) is 12.4 Å². The van der Waals surface area contributed by atoms with Gasteiger partial charge in [-0.2, -0.15) is 4.31 Å². The van der Waals surface area contributed by atoms with Crippen molar-refractivity contribution in [2.24, 2.45) is 0 Å². The highest BCUT2D eigenvalue weighted by Crippen LogP contribution is 2.21. The standard InChI is InChI=1S/C21H23FN2O4S/c1-2-28-20-9-4-3-6-17(20)10-11-21(25)23-12-14-24(15-13-23)29(26,27)19-8-5-7-18(22)16-19/h3-11,16H,2,12-15H2,1H3/b11-10+. The van der Waals surface area contributed by atoms with E-state index in [4.69, 9.17) is 4.74 Å². The Morgan fingerprint density at radius 1 is 1.10 bits per heavy atom. The van der Waals surface area contributed by atoms with Crippen molar-refractivity contribution in [3.05, 3.63) is 66.0 Å². The van der Waals surface area contributed by atoms with Gasteiger partial charge < -0.3 is 9.64 Å². The molecule has 0 aromatic heterocycles. The molecule has 29 heavy (non-hydrogen) atoms. The lowest BCUT2D eigenvalue weighted by Gasteiger charge is -2.33. The number of sulfonamides is 1. The molecule has 2 aromatic rings. The van der Waals surface area contributed by atoms with Crippen molar-refractivity contribution in [1.29, 1.82) is 0 Å². The molecule has 0 N–H and O–H groups in total. The number of halogens is 1. The maximum absolute atomic E-state index is 13.4. The van der Waals surface area contributed by atoms with Gasteiger partial charge >= 0.3 is 0 Å². The van der Waals surface area contributed by atoms with Crippen LogP contribution in [0.3, 0.4) is 0 Å². The summed E-state index contributed by atoms with van der Waals surface area (Å²) in [4.78, 5) is 14.0. The highest BCUT2D eigenvalue weighted by atomic mass is 32.2. The number of ether oxygens (including phenoxy) is 1. The molecule has 0 atom stereocenters. The van der Waals surface area contributed by atoms with Crippen molar-refractivity contribution in [2.45, 2.75) is 11.8 Å². The fourth-order valence-corrected chi connectivity index (χ4v) is 4.55. The molecule has 1 aliphatic heterocycles. The van der Waals surface area contributed by atoms with Crippen molar-refractivity contribution >= 4 is 22.0 Å². The summed E-state index contributed by atoms with van der Waals surface area (Å²) in [6.07, 6.45) is 3.16. The normalized spacial score (nSPS) is 15.6. The molecule has 0 spiro atoms. The maximum Gasteiger partial charge on any atom is 0.246 e. The first-order valence-corrected chi connectivity index (χ1v) is 10.8. The number of para-hydroxylation sites is 1. The molecule has 0 radical (unpaired) electrons. The summed E-state index contributed by atoms with van der Waals surface area (Å²) in [5, 5.41) is 0. The predicted octanol–water partition coefficient (Wildman–Crippen LogP) is 2.77. The molecule has 0 unspecified atom stereocenters. The summed E-state index contributed by atoms with van der Waals surface area (Å²) in [5.41, 5.74) is 0.801. The summed E-state index contributed by atoms with van der Waals surface area (Å²) in [6.45, 7) is 3.28. The lowest BCUT2D eigenvalue weighted by Crippen LogP contribution is -2.50. The van der Waals surface area contributed by atoms with Gasteiger partial charge in [0.1, 0.15) is 11.6 Å². The molecule has 0 bridgehead atoms. The summed E-state index contributed by atoms with van der Waals surface area (Å²) >= 11 is 0. The van der Waals surface area contributed by atoms with Gasteiger partial charge in [0, 0.05) is 37.8 Å². The summed E-state index contributed by atoms with van der Waals surface area (Å²) in [6, 6.07) is 12.4. The van der Waals surface area contributed by atoms with E-state index in [1.54, 1.807) is 11.0 Å². The fourth-order valence-electron chi connectivity index (χ4n) is 3.10. The van der Waals surface area contributed by atoms with Gasteiger partial charge in [0.2, 0.25) is 15.9 Å². The number of carbonyl (C=O) groups is 1. The average Bonchev–Trinajstić information content (AvgIpc) is 2.73. The Balaban J connectivity index is 1.63. The highest BCUT2D eigenvalue weighted by molar-refractivity contribution is 7.89. The van der Waals surface area contributed by atoms with Crippen LogP contribution in [0.1, 0.15) is 12.5 Å². The van der Waals surface area contributed by atoms with Crippen LogP contribution < -0.4 is 4.74 Å². The van der Waals surface area contributed by atoms with Crippen molar-refractivity contribution in [1.82, 2.24) is 9.21 Å². The minimum absolute atomic E-state index is 0.0790. The first kappa shape index (κ1) is 21.0. The molecule has 1 heterocycles. The third-order valence-electron chi connectivity index (χ3n) is 4.61. The molecule has 1 aliphatic rings. The van der Waals surface area contributed by atoms with Crippen LogP contribution in [0, 0.1) is 5.82 Å². The maximum atomic E-state index is 13.4. The van der Waals surface area contributed by atoms with Crippen LogP contribution >= 0.6 is 0 Å². The minimum Gasteiger partial charge on any atom is -0.493 e. The number of nitrogens with zero attached hydrogens (tertiary/aromatic N) is 2. The van der Waals surface area contributed by atoms with E-state index in [9.17, 15) is 17.6 Å². The monoisotopic (exact) mass is 418 g/mol. The zero-order chi connectivity index (χ0) is 20.9. The molecule has 3 rings (SSSR count). The number of benzene rings is 2. The molecule has 8 heteroatoms. The lowest BCUT2D eigenvalue weighted by molar-refractivity contribution is -0.127. The molecule has 1 fully saturated rings. The van der Waals surface area contributed by atoms with Crippen LogP contribution in [-0.4, -0.2) is 56.3 Å². The van der Waals surface area contributed by atoms with Crippen LogP contribution in [0.2, 0.25) is 0 Å². The van der Waals surface area contributed by atoms with Crippen molar-refractivity contribution in [3.8, 4) is 5.75 Å². The first-order valence-electron chi connectivity index (χ1n) is 9.36. The molecule has 1 saturated heterocycles. The summed E-state index contributed by atoms with van der Waals surface area (Å²) < 4.78 is 45.5.